The average Bonchev–Trinajstić information content (AvgIpc) is 3.45. The second-order valence-corrected chi connectivity index (χ2v) is 8.18. The van der Waals surface area contributed by atoms with Gasteiger partial charge in [0.2, 0.25) is 0 Å². The fraction of sp³-hybridized carbons (Fsp3) is 0.300. The molecule has 0 unspecified atom stereocenters. The zero-order chi connectivity index (χ0) is 19.4. The molecule has 1 aliphatic carbocycles. The van der Waals surface area contributed by atoms with Crippen LogP contribution in [0.3, 0.4) is 0 Å². The number of amides is 2. The van der Waals surface area contributed by atoms with Crippen LogP contribution in [-0.4, -0.2) is 28.4 Å². The predicted octanol–water partition coefficient (Wildman–Crippen LogP) is 3.77. The molecule has 0 saturated heterocycles. The summed E-state index contributed by atoms with van der Waals surface area (Å²) in [5, 5.41) is 6.62. The van der Waals surface area contributed by atoms with Gasteiger partial charge in [0, 0.05) is 17.0 Å². The minimum Gasteiger partial charge on any atom is -0.482 e. The number of fused-ring (bicyclic) bond motifs is 2. The fourth-order valence-corrected chi connectivity index (χ4v) is 4.58. The van der Waals surface area contributed by atoms with Crippen molar-refractivity contribution in [2.24, 2.45) is 0 Å². The van der Waals surface area contributed by atoms with Gasteiger partial charge in [-0.3, -0.25) is 9.59 Å². The number of aromatic nitrogens is 2. The van der Waals surface area contributed by atoms with Crippen molar-refractivity contribution in [1.29, 1.82) is 0 Å². The third-order valence-electron chi connectivity index (χ3n) is 5.01. The van der Waals surface area contributed by atoms with E-state index in [1.54, 1.807) is 18.2 Å². The fourth-order valence-electron chi connectivity index (χ4n) is 3.45. The van der Waals surface area contributed by atoms with Crippen molar-refractivity contribution >= 4 is 44.7 Å². The van der Waals surface area contributed by atoms with Gasteiger partial charge in [-0.1, -0.05) is 0 Å². The van der Waals surface area contributed by atoms with Crippen LogP contribution >= 0.6 is 11.3 Å². The minimum atomic E-state index is -0.211. The summed E-state index contributed by atoms with van der Waals surface area (Å²) in [5.74, 6) is 1.54. The lowest BCUT2D eigenvalue weighted by atomic mass is 10.1. The lowest BCUT2D eigenvalue weighted by molar-refractivity contribution is -0.118. The van der Waals surface area contributed by atoms with E-state index in [-0.39, 0.29) is 18.4 Å². The summed E-state index contributed by atoms with van der Waals surface area (Å²) >= 11 is 1.40. The number of ether oxygens (including phenoxy) is 1. The highest BCUT2D eigenvalue weighted by Crippen LogP contribution is 2.40. The van der Waals surface area contributed by atoms with Gasteiger partial charge in [0.05, 0.1) is 16.3 Å². The number of anilines is 2. The maximum Gasteiger partial charge on any atom is 0.266 e. The summed E-state index contributed by atoms with van der Waals surface area (Å²) in [5.41, 5.74) is 2.96. The molecule has 2 N–H and O–H groups in total. The van der Waals surface area contributed by atoms with Crippen LogP contribution in [0, 0.1) is 13.8 Å². The quantitative estimate of drug-likeness (QED) is 0.705. The first-order valence-corrected chi connectivity index (χ1v) is 9.97. The van der Waals surface area contributed by atoms with Crippen molar-refractivity contribution in [2.45, 2.75) is 32.6 Å². The van der Waals surface area contributed by atoms with Crippen molar-refractivity contribution in [3.8, 4) is 5.75 Å². The number of carbonyl (C=O) groups excluding carboxylic acids is 2. The Kier molecular flexibility index (Phi) is 3.83. The predicted molar refractivity (Wildman–Crippen MR) is 107 cm³/mol. The molecule has 3 aromatic rings. The van der Waals surface area contributed by atoms with E-state index in [4.69, 9.17) is 9.72 Å². The van der Waals surface area contributed by atoms with Gasteiger partial charge < -0.3 is 15.4 Å². The normalized spacial score (nSPS) is 15.7. The van der Waals surface area contributed by atoms with Gasteiger partial charge in [-0.05, 0) is 50.5 Å². The molecule has 7 nitrogen and oxygen atoms in total. The topological polar surface area (TPSA) is 93.2 Å². The van der Waals surface area contributed by atoms with Crippen LogP contribution in [0.1, 0.15) is 45.5 Å². The van der Waals surface area contributed by atoms with Crippen molar-refractivity contribution in [2.75, 3.05) is 17.2 Å². The SMILES string of the molecule is Cc1nc(C2CC2)nc2sc(C(=O)Nc3ccc4c(c3)NC(=O)CO4)c(C)c12. The number of nitrogens with one attached hydrogen (secondary N) is 2. The molecule has 28 heavy (non-hydrogen) atoms. The molecule has 1 saturated carbocycles. The summed E-state index contributed by atoms with van der Waals surface area (Å²) in [4.78, 5) is 35.2. The minimum absolute atomic E-state index is 0.00289. The Bertz CT molecular complexity index is 1150. The summed E-state index contributed by atoms with van der Waals surface area (Å²) in [6.07, 6.45) is 2.28. The van der Waals surface area contributed by atoms with Gasteiger partial charge in [-0.15, -0.1) is 11.3 Å². The van der Waals surface area contributed by atoms with Crippen LogP contribution < -0.4 is 15.4 Å². The monoisotopic (exact) mass is 394 g/mol. The van der Waals surface area contributed by atoms with Gasteiger partial charge in [-0.25, -0.2) is 9.97 Å². The number of aryl methyl sites for hydroxylation is 2. The van der Waals surface area contributed by atoms with E-state index in [9.17, 15) is 9.59 Å². The first-order chi connectivity index (χ1) is 13.5. The molecule has 1 aliphatic heterocycles. The number of rotatable bonds is 3. The van der Waals surface area contributed by atoms with Crippen LogP contribution in [0.25, 0.3) is 10.2 Å². The smallest absolute Gasteiger partial charge is 0.266 e. The summed E-state index contributed by atoms with van der Waals surface area (Å²) in [7, 11) is 0. The molecule has 0 spiro atoms. The van der Waals surface area contributed by atoms with E-state index in [2.05, 4.69) is 15.6 Å². The second kappa shape index (κ2) is 6.27. The molecular formula is C20H18N4O3S. The lowest BCUT2D eigenvalue weighted by Crippen LogP contribution is -2.25. The third kappa shape index (κ3) is 2.90. The zero-order valence-corrected chi connectivity index (χ0v) is 16.3. The van der Waals surface area contributed by atoms with Crippen LogP contribution in [0.4, 0.5) is 11.4 Å². The van der Waals surface area contributed by atoms with Gasteiger partial charge in [-0.2, -0.15) is 0 Å². The van der Waals surface area contributed by atoms with E-state index < -0.39 is 0 Å². The van der Waals surface area contributed by atoms with E-state index in [1.807, 2.05) is 13.8 Å². The van der Waals surface area contributed by atoms with Crippen LogP contribution in [0.5, 0.6) is 5.75 Å². The Morgan fingerprint density at radius 3 is 2.89 bits per heavy atom. The summed E-state index contributed by atoms with van der Waals surface area (Å²) < 4.78 is 5.35. The molecule has 0 radical (unpaired) electrons. The zero-order valence-electron chi connectivity index (χ0n) is 15.5. The molecule has 2 aliphatic rings. The molecule has 0 atom stereocenters. The maximum absolute atomic E-state index is 12.9. The molecule has 3 heterocycles. The average molecular weight is 394 g/mol. The number of nitrogens with zero attached hydrogens (tertiary/aromatic N) is 2. The summed E-state index contributed by atoms with van der Waals surface area (Å²) in [6, 6.07) is 5.19. The largest absolute Gasteiger partial charge is 0.482 e. The first-order valence-electron chi connectivity index (χ1n) is 9.15. The number of hydrogen-bond acceptors (Lipinski definition) is 6. The molecule has 8 heteroatoms. The Labute approximate surface area is 165 Å². The lowest BCUT2D eigenvalue weighted by Gasteiger charge is -2.18. The van der Waals surface area contributed by atoms with Gasteiger partial charge in [0.25, 0.3) is 11.8 Å². The maximum atomic E-state index is 12.9. The molecular weight excluding hydrogens is 376 g/mol. The van der Waals surface area contributed by atoms with E-state index in [0.717, 1.165) is 40.1 Å². The highest BCUT2D eigenvalue weighted by molar-refractivity contribution is 7.20. The first kappa shape index (κ1) is 17.1. The Morgan fingerprint density at radius 1 is 1.29 bits per heavy atom. The van der Waals surface area contributed by atoms with Gasteiger partial charge in [0.1, 0.15) is 16.4 Å². The van der Waals surface area contributed by atoms with Crippen LogP contribution in [0.15, 0.2) is 18.2 Å². The number of thiophene rings is 1. The summed E-state index contributed by atoms with van der Waals surface area (Å²) in [6.45, 7) is 3.91. The van der Waals surface area contributed by atoms with Crippen LogP contribution in [0.2, 0.25) is 0 Å². The highest BCUT2D eigenvalue weighted by atomic mass is 32.1. The number of benzene rings is 1. The molecule has 5 rings (SSSR count). The Hall–Kier alpha value is -3.00. The van der Waals surface area contributed by atoms with Gasteiger partial charge >= 0.3 is 0 Å². The van der Waals surface area contributed by atoms with E-state index in [0.29, 0.717) is 27.9 Å². The molecule has 2 amide bonds. The van der Waals surface area contributed by atoms with Crippen LogP contribution in [-0.2, 0) is 4.79 Å². The highest BCUT2D eigenvalue weighted by Gasteiger charge is 2.28. The van der Waals surface area contributed by atoms with E-state index in [1.165, 1.54) is 11.3 Å². The Balaban J connectivity index is 1.46. The molecule has 0 bridgehead atoms. The molecule has 2 aromatic heterocycles. The van der Waals surface area contributed by atoms with Crippen molar-refractivity contribution in [1.82, 2.24) is 9.97 Å². The third-order valence-corrected chi connectivity index (χ3v) is 6.19. The van der Waals surface area contributed by atoms with Gasteiger partial charge in [0.15, 0.2) is 6.61 Å². The van der Waals surface area contributed by atoms with Crippen molar-refractivity contribution in [3.05, 3.63) is 40.2 Å². The number of carbonyl (C=O) groups is 2. The van der Waals surface area contributed by atoms with E-state index >= 15 is 0 Å². The molecule has 142 valence electrons. The molecule has 1 fully saturated rings. The molecule has 1 aromatic carbocycles. The van der Waals surface area contributed by atoms with Crippen molar-refractivity contribution in [3.63, 3.8) is 0 Å². The second-order valence-electron chi connectivity index (χ2n) is 7.18. The standard InChI is InChI=1S/C20H18N4O3S/c1-9-16-10(2)21-18(11-3-4-11)24-20(16)28-17(9)19(26)22-12-5-6-14-13(7-12)23-15(25)8-27-14/h5-7,11H,3-4,8H2,1-2H3,(H,22,26)(H,23,25). The Morgan fingerprint density at radius 2 is 2.11 bits per heavy atom. The van der Waals surface area contributed by atoms with Crippen molar-refractivity contribution < 1.29 is 14.3 Å². The number of hydrogen-bond donors (Lipinski definition) is 2.